The number of hydrogen-bond donors (Lipinski definition) is 1. The van der Waals surface area contributed by atoms with Crippen LogP contribution in [0.3, 0.4) is 0 Å². The Kier molecular flexibility index (Phi) is 3.32. The second-order valence-corrected chi connectivity index (χ2v) is 5.75. The SMILES string of the molecule is CC(C)(C)NCc1cc(Br)cs1. The molecule has 1 aromatic heterocycles. The minimum atomic E-state index is 0.205. The van der Waals surface area contributed by atoms with Crippen LogP contribution in [-0.2, 0) is 6.54 Å². The molecule has 1 N–H and O–H groups in total. The van der Waals surface area contributed by atoms with Crippen LogP contribution in [0.1, 0.15) is 25.6 Å². The van der Waals surface area contributed by atoms with Gasteiger partial charge in [0.05, 0.1) is 0 Å². The van der Waals surface area contributed by atoms with E-state index in [0.29, 0.717) is 0 Å². The van der Waals surface area contributed by atoms with Crippen molar-refractivity contribution in [1.29, 1.82) is 0 Å². The van der Waals surface area contributed by atoms with Gasteiger partial charge < -0.3 is 5.32 Å². The molecule has 12 heavy (non-hydrogen) atoms. The van der Waals surface area contributed by atoms with E-state index < -0.39 is 0 Å². The van der Waals surface area contributed by atoms with Crippen molar-refractivity contribution in [3.05, 3.63) is 20.8 Å². The lowest BCUT2D eigenvalue weighted by Gasteiger charge is -2.19. The average molecular weight is 248 g/mol. The zero-order valence-electron chi connectivity index (χ0n) is 7.65. The highest BCUT2D eigenvalue weighted by molar-refractivity contribution is 9.10. The van der Waals surface area contributed by atoms with Crippen molar-refractivity contribution in [2.45, 2.75) is 32.9 Å². The molecule has 1 aromatic rings. The van der Waals surface area contributed by atoms with Crippen LogP contribution in [0.15, 0.2) is 15.9 Å². The zero-order chi connectivity index (χ0) is 9.19. The summed E-state index contributed by atoms with van der Waals surface area (Å²) in [6, 6.07) is 2.16. The minimum Gasteiger partial charge on any atom is -0.307 e. The summed E-state index contributed by atoms with van der Waals surface area (Å²) in [5.74, 6) is 0. The van der Waals surface area contributed by atoms with E-state index in [-0.39, 0.29) is 5.54 Å². The molecule has 0 bridgehead atoms. The van der Waals surface area contributed by atoms with Crippen molar-refractivity contribution in [2.75, 3.05) is 0 Å². The van der Waals surface area contributed by atoms with E-state index in [1.807, 2.05) is 0 Å². The lowest BCUT2D eigenvalue weighted by molar-refractivity contribution is 0.426. The molecule has 0 spiro atoms. The van der Waals surface area contributed by atoms with Gasteiger partial charge in [-0.25, -0.2) is 0 Å². The maximum Gasteiger partial charge on any atom is 0.0304 e. The summed E-state index contributed by atoms with van der Waals surface area (Å²) in [5, 5.41) is 5.55. The van der Waals surface area contributed by atoms with Gasteiger partial charge in [0.1, 0.15) is 0 Å². The van der Waals surface area contributed by atoms with Crippen LogP contribution < -0.4 is 5.32 Å². The lowest BCUT2D eigenvalue weighted by Crippen LogP contribution is -2.34. The van der Waals surface area contributed by atoms with Crippen molar-refractivity contribution >= 4 is 27.3 Å². The van der Waals surface area contributed by atoms with Crippen LogP contribution in [0.25, 0.3) is 0 Å². The second kappa shape index (κ2) is 3.90. The Balaban J connectivity index is 2.44. The first-order valence-electron chi connectivity index (χ1n) is 3.95. The Hall–Kier alpha value is 0.140. The number of halogens is 1. The Morgan fingerprint density at radius 1 is 1.50 bits per heavy atom. The maximum atomic E-state index is 3.44. The summed E-state index contributed by atoms with van der Waals surface area (Å²) in [6.07, 6.45) is 0. The molecule has 0 amide bonds. The van der Waals surface area contributed by atoms with Gasteiger partial charge in [0, 0.05) is 26.8 Å². The first kappa shape index (κ1) is 10.2. The topological polar surface area (TPSA) is 12.0 Å². The molecule has 0 saturated carbocycles. The molecule has 0 aromatic carbocycles. The zero-order valence-corrected chi connectivity index (χ0v) is 10.1. The van der Waals surface area contributed by atoms with Gasteiger partial charge in [-0.1, -0.05) is 0 Å². The van der Waals surface area contributed by atoms with Crippen molar-refractivity contribution < 1.29 is 0 Å². The smallest absolute Gasteiger partial charge is 0.0304 e. The highest BCUT2D eigenvalue weighted by Gasteiger charge is 2.08. The fourth-order valence-corrected chi connectivity index (χ4v) is 2.19. The Morgan fingerprint density at radius 3 is 2.58 bits per heavy atom. The number of hydrogen-bond acceptors (Lipinski definition) is 2. The summed E-state index contributed by atoms with van der Waals surface area (Å²) >= 11 is 5.22. The molecule has 68 valence electrons. The van der Waals surface area contributed by atoms with Crippen LogP contribution in [0.2, 0.25) is 0 Å². The molecule has 0 aliphatic rings. The standard InChI is InChI=1S/C9H14BrNS/c1-9(2,3)11-5-8-4-7(10)6-12-8/h4,6,11H,5H2,1-3H3. The van der Waals surface area contributed by atoms with Gasteiger partial charge in [0.15, 0.2) is 0 Å². The maximum absolute atomic E-state index is 3.44. The average Bonchev–Trinajstić information content (AvgIpc) is 2.30. The van der Waals surface area contributed by atoms with Gasteiger partial charge in [0.2, 0.25) is 0 Å². The van der Waals surface area contributed by atoms with Crippen LogP contribution in [0.4, 0.5) is 0 Å². The van der Waals surface area contributed by atoms with Gasteiger partial charge >= 0.3 is 0 Å². The largest absolute Gasteiger partial charge is 0.307 e. The molecular formula is C9H14BrNS. The number of thiophene rings is 1. The molecule has 0 aliphatic heterocycles. The first-order chi connectivity index (χ1) is 5.47. The molecule has 0 fully saturated rings. The van der Waals surface area contributed by atoms with Gasteiger partial charge in [0.25, 0.3) is 0 Å². The van der Waals surface area contributed by atoms with E-state index in [2.05, 4.69) is 53.5 Å². The fraction of sp³-hybridized carbons (Fsp3) is 0.556. The third-order valence-corrected chi connectivity index (χ3v) is 3.11. The molecule has 3 heteroatoms. The predicted molar refractivity (Wildman–Crippen MR) is 58.6 cm³/mol. The highest BCUT2D eigenvalue weighted by Crippen LogP contribution is 2.19. The predicted octanol–water partition coefficient (Wildman–Crippen LogP) is 3.40. The molecule has 1 rings (SSSR count). The monoisotopic (exact) mass is 247 g/mol. The summed E-state index contributed by atoms with van der Waals surface area (Å²) in [6.45, 7) is 7.49. The summed E-state index contributed by atoms with van der Waals surface area (Å²) in [5.41, 5.74) is 0.205. The van der Waals surface area contributed by atoms with Crippen molar-refractivity contribution in [1.82, 2.24) is 5.32 Å². The molecule has 0 radical (unpaired) electrons. The van der Waals surface area contributed by atoms with Crippen molar-refractivity contribution in [3.8, 4) is 0 Å². The van der Waals surface area contributed by atoms with Crippen LogP contribution in [0, 0.1) is 0 Å². The van der Waals surface area contributed by atoms with E-state index in [0.717, 1.165) is 6.54 Å². The Bertz CT molecular complexity index is 249. The Morgan fingerprint density at radius 2 is 2.17 bits per heavy atom. The molecular weight excluding hydrogens is 234 g/mol. The van der Waals surface area contributed by atoms with Crippen molar-refractivity contribution in [3.63, 3.8) is 0 Å². The molecule has 1 heterocycles. The summed E-state index contributed by atoms with van der Waals surface area (Å²) < 4.78 is 1.18. The number of nitrogens with one attached hydrogen (secondary N) is 1. The van der Waals surface area contributed by atoms with Crippen molar-refractivity contribution in [2.24, 2.45) is 0 Å². The van der Waals surface area contributed by atoms with E-state index in [9.17, 15) is 0 Å². The minimum absolute atomic E-state index is 0.205. The normalized spacial score (nSPS) is 12.0. The van der Waals surface area contributed by atoms with Gasteiger partial charge in [-0.05, 0) is 42.8 Å². The third-order valence-electron chi connectivity index (χ3n) is 1.41. The third kappa shape index (κ3) is 3.70. The van der Waals surface area contributed by atoms with E-state index in [1.165, 1.54) is 9.35 Å². The van der Waals surface area contributed by atoms with E-state index >= 15 is 0 Å². The molecule has 0 unspecified atom stereocenters. The summed E-state index contributed by atoms with van der Waals surface area (Å²) in [4.78, 5) is 1.37. The van der Waals surface area contributed by atoms with Gasteiger partial charge in [-0.2, -0.15) is 0 Å². The quantitative estimate of drug-likeness (QED) is 0.845. The second-order valence-electron chi connectivity index (χ2n) is 3.83. The molecule has 1 nitrogen and oxygen atoms in total. The van der Waals surface area contributed by atoms with Crippen LogP contribution in [0.5, 0.6) is 0 Å². The van der Waals surface area contributed by atoms with Crippen LogP contribution in [-0.4, -0.2) is 5.54 Å². The van der Waals surface area contributed by atoms with Gasteiger partial charge in [-0.15, -0.1) is 11.3 Å². The number of rotatable bonds is 2. The fourth-order valence-electron chi connectivity index (χ4n) is 0.799. The van der Waals surface area contributed by atoms with Crippen LogP contribution >= 0.6 is 27.3 Å². The Labute approximate surface area is 86.3 Å². The molecule has 0 aliphatic carbocycles. The molecule has 0 atom stereocenters. The molecule has 0 saturated heterocycles. The summed E-state index contributed by atoms with van der Waals surface area (Å²) in [7, 11) is 0. The highest BCUT2D eigenvalue weighted by atomic mass is 79.9. The first-order valence-corrected chi connectivity index (χ1v) is 5.62. The van der Waals surface area contributed by atoms with E-state index in [1.54, 1.807) is 11.3 Å². The van der Waals surface area contributed by atoms with Gasteiger partial charge in [-0.3, -0.25) is 0 Å². The van der Waals surface area contributed by atoms with E-state index in [4.69, 9.17) is 0 Å². The lowest BCUT2D eigenvalue weighted by atomic mass is 10.1.